The summed E-state index contributed by atoms with van der Waals surface area (Å²) in [5.74, 6) is 0. The molecule has 7 heteroatoms. The van der Waals surface area contributed by atoms with Gasteiger partial charge in [0.15, 0.2) is 0 Å². The molecule has 0 N–H and O–H groups in total. The van der Waals surface area contributed by atoms with E-state index in [0.29, 0.717) is 12.8 Å². The maximum Gasteiger partial charge on any atom is 0.267 e. The molecule has 0 aromatic carbocycles. The second-order valence-electron chi connectivity index (χ2n) is 6.01. The second-order valence-corrected chi connectivity index (χ2v) is 7.42. The van der Waals surface area contributed by atoms with Crippen LogP contribution in [0.2, 0.25) is 0 Å². The number of rotatable bonds is 13. The topological polar surface area (TPSA) is 67.4 Å². The van der Waals surface area contributed by atoms with Gasteiger partial charge in [-0.2, -0.15) is 0 Å². The lowest BCUT2D eigenvalue weighted by molar-refractivity contribution is -0.696. The summed E-state index contributed by atoms with van der Waals surface area (Å²) in [5, 5.41) is 0. The molecule has 0 spiro atoms. The Morgan fingerprint density at radius 2 is 1.56 bits per heavy atom. The SMILES string of the molecule is CCCCCCC[n+]1ccn(CC)c1.CCCOP(=O)([O-])OCCC. The van der Waals surface area contributed by atoms with E-state index in [9.17, 15) is 9.46 Å². The van der Waals surface area contributed by atoms with Gasteiger partial charge < -0.3 is 13.9 Å². The van der Waals surface area contributed by atoms with E-state index >= 15 is 0 Å². The van der Waals surface area contributed by atoms with Gasteiger partial charge in [-0.25, -0.2) is 9.13 Å². The van der Waals surface area contributed by atoms with E-state index < -0.39 is 7.82 Å². The zero-order valence-electron chi connectivity index (χ0n) is 16.5. The Balaban J connectivity index is 0.000000477. The van der Waals surface area contributed by atoms with Gasteiger partial charge in [0.25, 0.3) is 7.82 Å². The van der Waals surface area contributed by atoms with Gasteiger partial charge in [0.2, 0.25) is 6.33 Å². The summed E-state index contributed by atoms with van der Waals surface area (Å²) < 4.78 is 24.2. The first kappa shape index (κ1) is 24.3. The van der Waals surface area contributed by atoms with Crippen LogP contribution in [0.5, 0.6) is 0 Å². The van der Waals surface area contributed by atoms with Crippen LogP contribution in [0.15, 0.2) is 18.7 Å². The monoisotopic (exact) mass is 376 g/mol. The van der Waals surface area contributed by atoms with Crippen LogP contribution in [0.4, 0.5) is 0 Å². The Kier molecular flexibility index (Phi) is 15.1. The number of unbranched alkanes of at least 4 members (excludes halogenated alkanes) is 4. The average Bonchev–Trinajstić information content (AvgIpc) is 3.07. The van der Waals surface area contributed by atoms with E-state index in [1.54, 1.807) is 0 Å². The third kappa shape index (κ3) is 14.2. The van der Waals surface area contributed by atoms with Crippen LogP contribution in [0.25, 0.3) is 0 Å². The molecule has 25 heavy (non-hydrogen) atoms. The molecule has 0 aliphatic carbocycles. The molecule has 0 aliphatic rings. The number of nitrogens with zero attached hydrogens (tertiary/aromatic N) is 2. The minimum atomic E-state index is -3.98. The maximum absolute atomic E-state index is 10.7. The maximum atomic E-state index is 10.7. The van der Waals surface area contributed by atoms with Crippen molar-refractivity contribution in [3.05, 3.63) is 18.7 Å². The number of phosphoric acid groups is 1. The summed E-state index contributed by atoms with van der Waals surface area (Å²) in [7, 11) is -3.98. The van der Waals surface area contributed by atoms with E-state index in [-0.39, 0.29) is 13.2 Å². The Hall–Kier alpha value is -0.680. The lowest BCUT2D eigenvalue weighted by Gasteiger charge is -2.21. The summed E-state index contributed by atoms with van der Waals surface area (Å²) >= 11 is 0. The molecule has 0 fully saturated rings. The lowest BCUT2D eigenvalue weighted by atomic mass is 10.1. The highest BCUT2D eigenvalue weighted by Gasteiger charge is 2.06. The van der Waals surface area contributed by atoms with Crippen molar-refractivity contribution in [2.75, 3.05) is 13.2 Å². The van der Waals surface area contributed by atoms with Crippen LogP contribution in [-0.4, -0.2) is 17.8 Å². The van der Waals surface area contributed by atoms with Gasteiger partial charge in [-0.3, -0.25) is 4.57 Å². The molecule has 0 aliphatic heterocycles. The van der Waals surface area contributed by atoms with Crippen molar-refractivity contribution in [1.82, 2.24) is 4.57 Å². The highest BCUT2D eigenvalue weighted by molar-refractivity contribution is 7.45. The molecule has 1 aromatic heterocycles. The molecular weight excluding hydrogens is 339 g/mol. The van der Waals surface area contributed by atoms with Crippen molar-refractivity contribution in [3.8, 4) is 0 Å². The second kappa shape index (κ2) is 15.6. The highest BCUT2D eigenvalue weighted by atomic mass is 31.2. The fraction of sp³-hybridized carbons (Fsp3) is 0.833. The first-order valence-electron chi connectivity index (χ1n) is 9.63. The van der Waals surface area contributed by atoms with E-state index in [1.165, 1.54) is 38.6 Å². The zero-order chi connectivity index (χ0) is 19.0. The summed E-state index contributed by atoms with van der Waals surface area (Å²) in [4.78, 5) is 10.7. The smallest absolute Gasteiger partial charge is 0.267 e. The van der Waals surface area contributed by atoms with Gasteiger partial charge in [-0.1, -0.05) is 40.0 Å². The average molecular weight is 376 g/mol. The number of hydrogen-bond donors (Lipinski definition) is 0. The minimum Gasteiger partial charge on any atom is -0.756 e. The van der Waals surface area contributed by atoms with Crippen LogP contribution in [0.3, 0.4) is 0 Å². The third-order valence-electron chi connectivity index (χ3n) is 3.54. The van der Waals surface area contributed by atoms with Crippen LogP contribution >= 0.6 is 7.82 Å². The van der Waals surface area contributed by atoms with Gasteiger partial charge in [0, 0.05) is 0 Å². The fourth-order valence-electron chi connectivity index (χ4n) is 2.10. The minimum absolute atomic E-state index is 0.199. The molecular formula is C18H37N2O4P. The quantitative estimate of drug-likeness (QED) is 0.296. The van der Waals surface area contributed by atoms with E-state index in [0.717, 1.165) is 6.54 Å². The van der Waals surface area contributed by atoms with Crippen molar-refractivity contribution < 1.29 is 23.1 Å². The highest BCUT2D eigenvalue weighted by Crippen LogP contribution is 2.38. The zero-order valence-corrected chi connectivity index (χ0v) is 17.4. The fourth-order valence-corrected chi connectivity index (χ4v) is 2.99. The Morgan fingerprint density at radius 1 is 0.960 bits per heavy atom. The van der Waals surface area contributed by atoms with Crippen molar-refractivity contribution in [2.24, 2.45) is 0 Å². The van der Waals surface area contributed by atoms with Crippen LogP contribution in [-0.2, 0) is 26.7 Å². The molecule has 6 nitrogen and oxygen atoms in total. The number of aryl methyl sites for hydroxylation is 2. The standard InChI is InChI=1S/C12H23N2.C6H15O4P/c1-3-5-6-7-8-9-14-11-10-13(4-2)12-14;1-3-5-9-11(7,8)10-6-4-2/h10-12H,3-9H2,1-2H3;3-6H2,1-2H3,(H,7,8)/q+1;/p-1. The largest absolute Gasteiger partial charge is 0.756 e. The summed E-state index contributed by atoms with van der Waals surface area (Å²) in [5.41, 5.74) is 0. The van der Waals surface area contributed by atoms with Crippen molar-refractivity contribution in [3.63, 3.8) is 0 Å². The van der Waals surface area contributed by atoms with Gasteiger partial charge in [0.1, 0.15) is 12.4 Å². The molecule has 0 unspecified atom stereocenters. The van der Waals surface area contributed by atoms with Crippen LogP contribution < -0.4 is 9.46 Å². The molecule has 0 radical (unpaired) electrons. The van der Waals surface area contributed by atoms with Crippen molar-refractivity contribution in [2.45, 2.75) is 85.7 Å². The molecule has 1 rings (SSSR count). The van der Waals surface area contributed by atoms with Gasteiger partial charge in [-0.15, -0.1) is 0 Å². The third-order valence-corrected chi connectivity index (χ3v) is 4.54. The lowest BCUT2D eigenvalue weighted by Crippen LogP contribution is -2.30. The van der Waals surface area contributed by atoms with Gasteiger partial charge in [-0.05, 0) is 32.6 Å². The molecule has 1 heterocycles. The normalized spacial score (nSPS) is 11.2. The van der Waals surface area contributed by atoms with Gasteiger partial charge >= 0.3 is 0 Å². The summed E-state index contributed by atoms with van der Waals surface area (Å²) in [6.07, 6.45) is 14.7. The first-order chi connectivity index (χ1) is 12.0. The molecule has 0 saturated carbocycles. The molecule has 0 amide bonds. The molecule has 148 valence electrons. The van der Waals surface area contributed by atoms with Gasteiger partial charge in [0.05, 0.1) is 26.3 Å². The number of phosphoric ester groups is 1. The Bertz CT molecular complexity index is 454. The molecule has 1 aromatic rings. The number of hydrogen-bond acceptors (Lipinski definition) is 4. The first-order valence-corrected chi connectivity index (χ1v) is 11.1. The summed E-state index contributed by atoms with van der Waals surface area (Å²) in [6.45, 7) is 10.7. The number of aromatic nitrogens is 2. The van der Waals surface area contributed by atoms with E-state index in [2.05, 4.69) is 50.8 Å². The predicted octanol–water partition coefficient (Wildman–Crippen LogP) is 4.07. The van der Waals surface area contributed by atoms with E-state index in [1.807, 2.05) is 13.8 Å². The molecule has 0 atom stereocenters. The van der Waals surface area contributed by atoms with Crippen molar-refractivity contribution in [1.29, 1.82) is 0 Å². The predicted molar refractivity (Wildman–Crippen MR) is 99.2 cm³/mol. The Labute approximate surface area is 153 Å². The number of imidazole rings is 1. The van der Waals surface area contributed by atoms with E-state index in [4.69, 9.17) is 0 Å². The molecule has 0 bridgehead atoms. The Morgan fingerprint density at radius 3 is 2.04 bits per heavy atom. The molecule has 0 saturated heterocycles. The summed E-state index contributed by atoms with van der Waals surface area (Å²) in [6, 6.07) is 0. The van der Waals surface area contributed by atoms with Crippen molar-refractivity contribution >= 4 is 7.82 Å². The van der Waals surface area contributed by atoms with Crippen LogP contribution in [0.1, 0.15) is 72.6 Å². The van der Waals surface area contributed by atoms with Crippen LogP contribution in [0, 0.1) is 0 Å².